The number of carbonyl (C=O) groups is 1. The zero-order valence-corrected chi connectivity index (χ0v) is 12.8. The number of aromatic amines is 1. The van der Waals surface area contributed by atoms with Crippen molar-refractivity contribution < 1.29 is 4.79 Å². The summed E-state index contributed by atoms with van der Waals surface area (Å²) < 4.78 is 0. The van der Waals surface area contributed by atoms with Crippen LogP contribution in [0, 0.1) is 0 Å². The molecule has 1 aliphatic rings. The lowest BCUT2D eigenvalue weighted by atomic mass is 9.89. The number of hydrogen-bond acceptors (Lipinski definition) is 2. The molecule has 0 saturated heterocycles. The first-order chi connectivity index (χ1) is 11.3. The molecule has 3 aromatic rings. The van der Waals surface area contributed by atoms with Crippen LogP contribution in [0.4, 0.5) is 11.5 Å². The monoisotopic (exact) mass is 302 g/mol. The number of nitrogens with one attached hydrogen (secondary N) is 2. The van der Waals surface area contributed by atoms with Gasteiger partial charge in [-0.3, -0.25) is 4.79 Å². The van der Waals surface area contributed by atoms with Crippen LogP contribution < -0.4 is 5.32 Å². The Labute approximate surface area is 135 Å². The first kappa shape index (κ1) is 13.8. The molecule has 0 spiro atoms. The van der Waals surface area contributed by atoms with Crippen LogP contribution in [0.5, 0.6) is 0 Å². The highest BCUT2D eigenvalue weighted by molar-refractivity contribution is 5.86. The van der Waals surface area contributed by atoms with Gasteiger partial charge in [0.25, 0.3) is 0 Å². The van der Waals surface area contributed by atoms with E-state index in [2.05, 4.69) is 40.6 Å². The molecule has 1 aliphatic carbocycles. The minimum atomic E-state index is 0.322. The molecule has 2 aromatic carbocycles. The van der Waals surface area contributed by atoms with Crippen molar-refractivity contribution in [2.45, 2.75) is 19.3 Å². The average molecular weight is 302 g/mol. The molecule has 0 unspecified atom stereocenters. The molecule has 3 heteroatoms. The van der Waals surface area contributed by atoms with Gasteiger partial charge in [0, 0.05) is 24.2 Å². The van der Waals surface area contributed by atoms with Gasteiger partial charge < -0.3 is 10.3 Å². The number of fused-ring (bicyclic) bond motifs is 1. The number of aryl methyl sites for hydroxylation is 1. The second kappa shape index (κ2) is 5.76. The Bertz CT molecular complexity index is 849. The quantitative estimate of drug-likeness (QED) is 0.749. The molecule has 0 atom stereocenters. The van der Waals surface area contributed by atoms with Crippen LogP contribution in [0.1, 0.15) is 17.5 Å². The highest BCUT2D eigenvalue weighted by Gasteiger charge is 2.18. The lowest BCUT2D eigenvalue weighted by molar-refractivity contribution is -0.118. The summed E-state index contributed by atoms with van der Waals surface area (Å²) in [6.45, 7) is 0. The summed E-state index contributed by atoms with van der Waals surface area (Å²) in [5.74, 6) is 1.26. The van der Waals surface area contributed by atoms with Crippen molar-refractivity contribution in [1.29, 1.82) is 0 Å². The summed E-state index contributed by atoms with van der Waals surface area (Å²) in [4.78, 5) is 15.2. The van der Waals surface area contributed by atoms with E-state index in [1.807, 2.05) is 30.3 Å². The number of rotatable bonds is 3. The van der Waals surface area contributed by atoms with Crippen LogP contribution >= 0.6 is 0 Å². The van der Waals surface area contributed by atoms with Crippen LogP contribution in [0.3, 0.4) is 0 Å². The van der Waals surface area contributed by atoms with Gasteiger partial charge in [-0.15, -0.1) is 0 Å². The Kier molecular flexibility index (Phi) is 3.46. The molecule has 2 N–H and O–H groups in total. The Morgan fingerprint density at radius 2 is 1.74 bits per heavy atom. The fraction of sp³-hybridized carbons (Fsp3) is 0.150. The molecule has 0 saturated carbocycles. The molecule has 0 fully saturated rings. The van der Waals surface area contributed by atoms with Gasteiger partial charge in [-0.25, -0.2) is 0 Å². The van der Waals surface area contributed by atoms with E-state index in [1.54, 1.807) is 0 Å². The second-order valence-corrected chi connectivity index (χ2v) is 5.94. The first-order valence-corrected chi connectivity index (χ1v) is 7.93. The minimum absolute atomic E-state index is 0.322. The van der Waals surface area contributed by atoms with Crippen molar-refractivity contribution in [3.8, 4) is 11.3 Å². The number of carbonyl (C=O) groups excluding carboxylic acids is 1. The zero-order valence-electron chi connectivity index (χ0n) is 12.8. The van der Waals surface area contributed by atoms with Gasteiger partial charge in [-0.05, 0) is 41.3 Å². The summed E-state index contributed by atoms with van der Waals surface area (Å²) in [5.41, 5.74) is 5.68. The van der Waals surface area contributed by atoms with Gasteiger partial charge in [0.1, 0.15) is 11.6 Å². The SMILES string of the molecule is O=C1CCc2cccc(Nc3ccc(-c4ccccc4)[nH]3)c2C1. The lowest BCUT2D eigenvalue weighted by Crippen LogP contribution is -2.14. The van der Waals surface area contributed by atoms with Gasteiger partial charge in [-0.2, -0.15) is 0 Å². The smallest absolute Gasteiger partial charge is 0.137 e. The zero-order chi connectivity index (χ0) is 15.6. The van der Waals surface area contributed by atoms with Crippen molar-refractivity contribution in [3.05, 3.63) is 71.8 Å². The number of Topliss-reactive ketones (excluding diaryl/α,β-unsaturated/α-hetero) is 1. The maximum atomic E-state index is 11.8. The lowest BCUT2D eigenvalue weighted by Gasteiger charge is -2.19. The van der Waals surface area contributed by atoms with E-state index in [9.17, 15) is 4.79 Å². The molecule has 3 nitrogen and oxygen atoms in total. The van der Waals surface area contributed by atoms with Gasteiger partial charge in [0.15, 0.2) is 0 Å². The number of anilines is 2. The van der Waals surface area contributed by atoms with E-state index in [-0.39, 0.29) is 0 Å². The average Bonchev–Trinajstić information content (AvgIpc) is 3.05. The molecule has 0 radical (unpaired) electrons. The summed E-state index contributed by atoms with van der Waals surface area (Å²) in [6, 6.07) is 20.6. The molecule has 0 aliphatic heterocycles. The molecule has 4 rings (SSSR count). The van der Waals surface area contributed by atoms with Crippen molar-refractivity contribution in [3.63, 3.8) is 0 Å². The van der Waals surface area contributed by atoms with Crippen LogP contribution in [0.25, 0.3) is 11.3 Å². The maximum absolute atomic E-state index is 11.8. The summed E-state index contributed by atoms with van der Waals surface area (Å²) in [5, 5.41) is 3.43. The molecule has 1 heterocycles. The number of hydrogen-bond donors (Lipinski definition) is 2. The molecule has 0 bridgehead atoms. The molecule has 23 heavy (non-hydrogen) atoms. The van der Waals surface area contributed by atoms with Crippen LogP contribution in [-0.4, -0.2) is 10.8 Å². The molecular formula is C20H18N2O. The Hall–Kier alpha value is -2.81. The third-order valence-corrected chi connectivity index (χ3v) is 4.36. The fourth-order valence-electron chi connectivity index (χ4n) is 3.15. The van der Waals surface area contributed by atoms with Crippen LogP contribution in [-0.2, 0) is 17.6 Å². The predicted molar refractivity (Wildman–Crippen MR) is 93.0 cm³/mol. The van der Waals surface area contributed by atoms with Crippen molar-refractivity contribution in [2.75, 3.05) is 5.32 Å². The third kappa shape index (κ3) is 2.78. The largest absolute Gasteiger partial charge is 0.342 e. The Morgan fingerprint density at radius 1 is 0.870 bits per heavy atom. The predicted octanol–water partition coefficient (Wildman–Crippen LogP) is 4.48. The normalized spacial score (nSPS) is 13.7. The summed E-state index contributed by atoms with van der Waals surface area (Å²) >= 11 is 0. The van der Waals surface area contributed by atoms with E-state index >= 15 is 0 Å². The summed E-state index contributed by atoms with van der Waals surface area (Å²) in [6.07, 6.45) is 2.05. The van der Waals surface area contributed by atoms with E-state index in [0.717, 1.165) is 34.7 Å². The number of ketones is 1. The van der Waals surface area contributed by atoms with Crippen molar-refractivity contribution in [1.82, 2.24) is 4.98 Å². The molecule has 0 amide bonds. The van der Waals surface area contributed by atoms with E-state index in [1.165, 1.54) is 5.56 Å². The van der Waals surface area contributed by atoms with Gasteiger partial charge in [-0.1, -0.05) is 42.5 Å². The number of H-pyrrole nitrogens is 1. The highest BCUT2D eigenvalue weighted by atomic mass is 16.1. The van der Waals surface area contributed by atoms with Gasteiger partial charge in [0.05, 0.1) is 0 Å². The molecular weight excluding hydrogens is 284 g/mol. The number of aromatic nitrogens is 1. The van der Waals surface area contributed by atoms with Crippen LogP contribution in [0.15, 0.2) is 60.7 Å². The highest BCUT2D eigenvalue weighted by Crippen LogP contribution is 2.29. The van der Waals surface area contributed by atoms with E-state index in [0.29, 0.717) is 18.6 Å². The maximum Gasteiger partial charge on any atom is 0.137 e. The first-order valence-electron chi connectivity index (χ1n) is 7.93. The standard InChI is InChI=1S/C20H18N2O/c23-16-10-9-14-7-4-8-19(17(14)13-16)22-20-12-11-18(21-20)15-5-2-1-3-6-15/h1-8,11-12,21-22H,9-10,13H2. The third-order valence-electron chi connectivity index (χ3n) is 4.36. The van der Waals surface area contributed by atoms with Gasteiger partial charge >= 0.3 is 0 Å². The van der Waals surface area contributed by atoms with Crippen molar-refractivity contribution >= 4 is 17.3 Å². The number of benzene rings is 2. The van der Waals surface area contributed by atoms with Crippen molar-refractivity contribution in [2.24, 2.45) is 0 Å². The molecule has 1 aromatic heterocycles. The topological polar surface area (TPSA) is 44.9 Å². The Balaban J connectivity index is 1.62. The minimum Gasteiger partial charge on any atom is -0.342 e. The Morgan fingerprint density at radius 3 is 2.61 bits per heavy atom. The van der Waals surface area contributed by atoms with E-state index < -0.39 is 0 Å². The second-order valence-electron chi connectivity index (χ2n) is 5.94. The van der Waals surface area contributed by atoms with E-state index in [4.69, 9.17) is 0 Å². The van der Waals surface area contributed by atoms with Gasteiger partial charge in [0.2, 0.25) is 0 Å². The fourth-order valence-corrected chi connectivity index (χ4v) is 3.15. The molecule has 114 valence electrons. The van der Waals surface area contributed by atoms with Crippen LogP contribution in [0.2, 0.25) is 0 Å². The summed E-state index contributed by atoms with van der Waals surface area (Å²) in [7, 11) is 0.